The summed E-state index contributed by atoms with van der Waals surface area (Å²) >= 11 is 0. The first-order chi connectivity index (χ1) is 31.4. The fourth-order valence-electron chi connectivity index (χ4n) is 7.64. The van der Waals surface area contributed by atoms with Crippen molar-refractivity contribution >= 4 is 35.2 Å². The van der Waals surface area contributed by atoms with E-state index in [-0.39, 0.29) is 68.9 Å². The SMILES string of the molecule is Cc1nc(-c2ccc(C(C)(C)C)cc2)cc(N)c1C(=O)NC(CCN)C(=O)N(C)C1C(=O)NC(C)C(=O)NC(C(=O)NCC#N)Cc2ccc(OCCN)c(c2)-c2cc1ccc2OCCN. The highest BCUT2D eigenvalue weighted by molar-refractivity contribution is 6.03. The summed E-state index contributed by atoms with van der Waals surface area (Å²) in [5, 5.41) is 19.9. The molecule has 1 aliphatic rings. The van der Waals surface area contributed by atoms with Gasteiger partial charge in [0.1, 0.15) is 55.4 Å². The smallest absolute Gasteiger partial charge is 0.255 e. The minimum atomic E-state index is -1.42. The Balaban J connectivity index is 1.57. The number of nitrogen functional groups attached to an aromatic ring is 1. The second-order valence-electron chi connectivity index (χ2n) is 17.1. The summed E-state index contributed by atoms with van der Waals surface area (Å²) in [6.07, 6.45) is -0.0227. The maximum Gasteiger partial charge on any atom is 0.255 e. The van der Waals surface area contributed by atoms with Crippen LogP contribution in [-0.2, 0) is 31.0 Å². The molecule has 12 N–H and O–H groups in total. The Bertz CT molecular complexity index is 2440. The monoisotopic (exact) mass is 903 g/mol. The number of aromatic nitrogens is 1. The number of likely N-dealkylation sites (N-methyl/N-ethyl adjacent to an activating group) is 1. The number of fused-ring (bicyclic) bond motifs is 5. The maximum atomic E-state index is 14.7. The molecule has 0 aliphatic carbocycles. The van der Waals surface area contributed by atoms with Crippen molar-refractivity contribution in [2.24, 2.45) is 17.2 Å². The number of benzene rings is 3. The van der Waals surface area contributed by atoms with E-state index in [2.05, 4.69) is 42.0 Å². The van der Waals surface area contributed by atoms with Crippen molar-refractivity contribution in [2.75, 3.05) is 52.2 Å². The lowest BCUT2D eigenvalue weighted by molar-refractivity contribution is -0.141. The Labute approximate surface area is 385 Å². The molecule has 0 saturated carbocycles. The van der Waals surface area contributed by atoms with Crippen LogP contribution in [0.15, 0.2) is 66.7 Å². The number of nitrogens with one attached hydrogen (secondary N) is 4. The summed E-state index contributed by atoms with van der Waals surface area (Å²) in [6, 6.07) is 16.5. The number of carbonyl (C=O) groups excluding carboxylic acids is 5. The van der Waals surface area contributed by atoms with Crippen LogP contribution in [0.3, 0.4) is 0 Å². The van der Waals surface area contributed by atoms with Crippen LogP contribution in [0.5, 0.6) is 11.5 Å². The van der Waals surface area contributed by atoms with Crippen molar-refractivity contribution in [3.8, 4) is 40.0 Å². The van der Waals surface area contributed by atoms with E-state index >= 15 is 0 Å². The minimum absolute atomic E-state index is 0.00251. The van der Waals surface area contributed by atoms with Gasteiger partial charge in [-0.3, -0.25) is 29.0 Å². The van der Waals surface area contributed by atoms with E-state index in [1.165, 1.54) is 18.9 Å². The van der Waals surface area contributed by atoms with Crippen molar-refractivity contribution in [2.45, 2.75) is 77.0 Å². The van der Waals surface area contributed by atoms with Gasteiger partial charge in [-0.2, -0.15) is 5.26 Å². The predicted molar refractivity (Wildman–Crippen MR) is 251 cm³/mol. The Morgan fingerprint density at radius 2 is 1.55 bits per heavy atom. The molecule has 4 unspecified atom stereocenters. The molecule has 66 heavy (non-hydrogen) atoms. The molecule has 4 atom stereocenters. The van der Waals surface area contributed by atoms with Gasteiger partial charge in [-0.15, -0.1) is 0 Å². The zero-order chi connectivity index (χ0) is 48.3. The molecule has 18 nitrogen and oxygen atoms in total. The number of ether oxygens (including phenoxy) is 2. The molecular formula is C48H61N11O7. The second-order valence-corrected chi connectivity index (χ2v) is 17.1. The van der Waals surface area contributed by atoms with Gasteiger partial charge >= 0.3 is 0 Å². The fourth-order valence-corrected chi connectivity index (χ4v) is 7.64. The second kappa shape index (κ2) is 22.2. The summed E-state index contributed by atoms with van der Waals surface area (Å²) in [4.78, 5) is 76.3. The zero-order valence-electron chi connectivity index (χ0n) is 38.3. The van der Waals surface area contributed by atoms with Crippen LogP contribution in [-0.4, -0.2) is 104 Å². The molecule has 350 valence electrons. The van der Waals surface area contributed by atoms with Crippen LogP contribution in [0.1, 0.15) is 72.9 Å². The van der Waals surface area contributed by atoms with E-state index in [0.717, 1.165) is 11.1 Å². The van der Waals surface area contributed by atoms with Gasteiger partial charge in [-0.25, -0.2) is 0 Å². The maximum absolute atomic E-state index is 14.7. The Hall–Kier alpha value is -7.07. The van der Waals surface area contributed by atoms with Crippen LogP contribution in [0.2, 0.25) is 0 Å². The lowest BCUT2D eigenvalue weighted by Crippen LogP contribution is -2.56. The molecular weight excluding hydrogens is 843 g/mol. The molecule has 2 heterocycles. The van der Waals surface area contributed by atoms with E-state index in [9.17, 15) is 24.0 Å². The Kier molecular flexibility index (Phi) is 16.8. The number of anilines is 1. The molecule has 1 aromatic heterocycles. The lowest BCUT2D eigenvalue weighted by Gasteiger charge is -2.32. The largest absolute Gasteiger partial charge is 0.492 e. The molecule has 5 amide bonds. The number of amides is 5. The fraction of sp³-hybridized carbons (Fsp3) is 0.396. The van der Waals surface area contributed by atoms with Gasteiger partial charge in [0.15, 0.2) is 0 Å². The molecule has 5 rings (SSSR count). The van der Waals surface area contributed by atoms with Gasteiger partial charge in [-0.1, -0.05) is 57.2 Å². The Morgan fingerprint density at radius 1 is 0.909 bits per heavy atom. The summed E-state index contributed by atoms with van der Waals surface area (Å²) in [7, 11) is 1.40. The molecule has 0 radical (unpaired) electrons. The molecule has 4 bridgehead atoms. The van der Waals surface area contributed by atoms with Crippen LogP contribution in [0, 0.1) is 18.3 Å². The minimum Gasteiger partial charge on any atom is -0.492 e. The highest BCUT2D eigenvalue weighted by atomic mass is 16.5. The molecule has 0 spiro atoms. The van der Waals surface area contributed by atoms with Crippen molar-refractivity contribution < 1.29 is 33.4 Å². The molecule has 0 fully saturated rings. The Morgan fingerprint density at radius 3 is 2.14 bits per heavy atom. The summed E-state index contributed by atoms with van der Waals surface area (Å²) < 4.78 is 12.2. The summed E-state index contributed by atoms with van der Waals surface area (Å²) in [6.45, 7) is 9.78. The first-order valence-electron chi connectivity index (χ1n) is 21.8. The molecule has 3 aromatic carbocycles. The molecule has 4 aromatic rings. The topological polar surface area (TPSA) is 296 Å². The zero-order valence-corrected chi connectivity index (χ0v) is 38.3. The highest BCUT2D eigenvalue weighted by Gasteiger charge is 2.36. The van der Waals surface area contributed by atoms with Crippen molar-refractivity contribution in [1.82, 2.24) is 31.2 Å². The van der Waals surface area contributed by atoms with Gasteiger partial charge in [0, 0.05) is 48.9 Å². The van der Waals surface area contributed by atoms with Crippen molar-refractivity contribution in [1.29, 1.82) is 5.26 Å². The average molecular weight is 904 g/mol. The van der Waals surface area contributed by atoms with Crippen LogP contribution < -0.4 is 53.7 Å². The van der Waals surface area contributed by atoms with Crippen molar-refractivity contribution in [3.05, 3.63) is 94.7 Å². The van der Waals surface area contributed by atoms with E-state index in [4.69, 9.17) is 42.7 Å². The third kappa shape index (κ3) is 12.0. The third-order valence-electron chi connectivity index (χ3n) is 11.1. The third-order valence-corrected chi connectivity index (χ3v) is 11.1. The predicted octanol–water partition coefficient (Wildman–Crippen LogP) is 2.11. The normalized spacial score (nSPS) is 16.6. The van der Waals surface area contributed by atoms with Gasteiger partial charge in [-0.05, 0) is 79.3 Å². The van der Waals surface area contributed by atoms with E-state index in [0.29, 0.717) is 45.1 Å². The molecule has 1 aliphatic heterocycles. The van der Waals surface area contributed by atoms with Crippen molar-refractivity contribution in [3.63, 3.8) is 0 Å². The number of rotatable bonds is 15. The number of hydrogen-bond acceptors (Lipinski definition) is 13. The highest BCUT2D eigenvalue weighted by Crippen LogP contribution is 2.40. The van der Waals surface area contributed by atoms with Gasteiger partial charge in [0.25, 0.3) is 5.91 Å². The van der Waals surface area contributed by atoms with Crippen LogP contribution in [0.4, 0.5) is 5.69 Å². The van der Waals surface area contributed by atoms with Gasteiger partial charge in [0.05, 0.1) is 23.0 Å². The molecule has 18 heteroatoms. The number of nitrogens with two attached hydrogens (primary N) is 4. The number of nitrogens with zero attached hydrogens (tertiary/aromatic N) is 3. The standard InChI is InChI=1S/C48H61N11O7/c1-27-41(35(53)26-37(55-27)30-8-11-32(12-9-30)48(3,4)5)45(62)57-36(15-16-49)47(64)59(6)42-31-10-14-40(66-22-19-52)34(25-31)33-23-29(7-13-39(33)65-21-18-51)24-38(44(61)54-20-17-50)58-43(60)28(2)56-46(42)63/h7-14,23,25-26,28,36,38,42H,15-16,18-22,24,49,51-52H2,1-6H3,(H2,53,55)(H,54,61)(H,56,63)(H,57,62)(H,58,60). The van der Waals surface area contributed by atoms with Gasteiger partial charge in [0.2, 0.25) is 23.6 Å². The molecule has 0 saturated heterocycles. The van der Waals surface area contributed by atoms with Gasteiger partial charge < -0.3 is 58.6 Å². The number of hydrogen-bond donors (Lipinski definition) is 8. The lowest BCUT2D eigenvalue weighted by atomic mass is 9.86. The van der Waals surface area contributed by atoms with Crippen LogP contribution >= 0.6 is 0 Å². The average Bonchev–Trinajstić information content (AvgIpc) is 3.28. The van der Waals surface area contributed by atoms with E-state index in [1.807, 2.05) is 30.3 Å². The number of carbonyl (C=O) groups is 5. The van der Waals surface area contributed by atoms with Crippen LogP contribution in [0.25, 0.3) is 22.4 Å². The first-order valence-corrected chi connectivity index (χ1v) is 21.8. The quantitative estimate of drug-likeness (QED) is 0.0795. The van der Waals surface area contributed by atoms with E-state index in [1.54, 1.807) is 49.4 Å². The van der Waals surface area contributed by atoms with E-state index < -0.39 is 53.7 Å². The number of aryl methyl sites for hydroxylation is 1. The summed E-state index contributed by atoms with van der Waals surface area (Å²) in [5.41, 5.74) is 29.1. The number of pyridine rings is 1. The summed E-state index contributed by atoms with van der Waals surface area (Å²) in [5.74, 6) is -2.69. The number of nitriles is 1. The first kappa shape index (κ1) is 49.9.